The fourth-order valence-corrected chi connectivity index (χ4v) is 3.01. The maximum absolute atomic E-state index is 11.4. The Kier molecular flexibility index (Phi) is 3.73. The number of aromatic hydroxyl groups is 1. The van der Waals surface area contributed by atoms with Crippen LogP contribution in [0.4, 0.5) is 5.82 Å². The molecule has 140 valence electrons. The minimum atomic E-state index is -0.463. The van der Waals surface area contributed by atoms with Crippen molar-refractivity contribution in [2.45, 2.75) is 25.7 Å². The molecule has 2 aliphatic carbocycles. The summed E-state index contributed by atoms with van der Waals surface area (Å²) in [7, 11) is 0. The van der Waals surface area contributed by atoms with Crippen molar-refractivity contribution < 1.29 is 5.11 Å². The summed E-state index contributed by atoms with van der Waals surface area (Å²) in [6.07, 6.45) is 8.32. The summed E-state index contributed by atoms with van der Waals surface area (Å²) in [6.45, 7) is 1.70. The first kappa shape index (κ1) is 16.1. The van der Waals surface area contributed by atoms with Gasteiger partial charge in [-0.2, -0.15) is 9.61 Å². The van der Waals surface area contributed by atoms with Gasteiger partial charge in [0.2, 0.25) is 5.88 Å². The van der Waals surface area contributed by atoms with Crippen LogP contribution in [0, 0.1) is 11.8 Å². The van der Waals surface area contributed by atoms with E-state index in [1.807, 2.05) is 6.07 Å². The Labute approximate surface area is 153 Å². The van der Waals surface area contributed by atoms with Crippen LogP contribution in [0.3, 0.4) is 0 Å². The van der Waals surface area contributed by atoms with Gasteiger partial charge >= 0.3 is 5.69 Å². The number of nitrogens with one attached hydrogen (secondary N) is 3. The second-order valence-electron chi connectivity index (χ2n) is 7.43. The van der Waals surface area contributed by atoms with Crippen molar-refractivity contribution in [3.8, 4) is 5.88 Å². The first-order chi connectivity index (χ1) is 13.2. The third kappa shape index (κ3) is 3.44. The van der Waals surface area contributed by atoms with Gasteiger partial charge in [0.25, 0.3) is 0 Å². The Bertz CT molecular complexity index is 1160. The summed E-state index contributed by atoms with van der Waals surface area (Å²) in [5, 5.41) is 18.3. The van der Waals surface area contributed by atoms with Crippen molar-refractivity contribution in [1.29, 1.82) is 0 Å². The van der Waals surface area contributed by atoms with Crippen LogP contribution in [0.15, 0.2) is 22.1 Å². The largest absolute Gasteiger partial charge is 0.493 e. The van der Waals surface area contributed by atoms with Gasteiger partial charge < -0.3 is 15.4 Å². The first-order valence-electron chi connectivity index (χ1n) is 9.32. The van der Waals surface area contributed by atoms with Gasteiger partial charge in [-0.15, -0.1) is 0 Å². The van der Waals surface area contributed by atoms with Crippen molar-refractivity contribution in [2.24, 2.45) is 16.8 Å². The minimum Gasteiger partial charge on any atom is -0.493 e. The zero-order valence-corrected chi connectivity index (χ0v) is 14.8. The molecule has 0 amide bonds. The van der Waals surface area contributed by atoms with Gasteiger partial charge in [-0.3, -0.25) is 9.98 Å². The maximum atomic E-state index is 11.4. The first-order valence-corrected chi connectivity index (χ1v) is 9.32. The van der Waals surface area contributed by atoms with Crippen molar-refractivity contribution in [3.05, 3.63) is 39.1 Å². The highest BCUT2D eigenvalue weighted by molar-refractivity contribution is 5.57. The van der Waals surface area contributed by atoms with Gasteiger partial charge in [-0.25, -0.2) is 9.78 Å². The molecule has 9 heteroatoms. The van der Waals surface area contributed by atoms with Crippen LogP contribution in [0.5, 0.6) is 5.88 Å². The van der Waals surface area contributed by atoms with Gasteiger partial charge in [-0.1, -0.05) is 0 Å². The van der Waals surface area contributed by atoms with Gasteiger partial charge in [0.1, 0.15) is 11.5 Å². The highest BCUT2D eigenvalue weighted by atomic mass is 16.3. The van der Waals surface area contributed by atoms with E-state index in [1.165, 1.54) is 25.7 Å². The average molecular weight is 367 g/mol. The van der Waals surface area contributed by atoms with Crippen molar-refractivity contribution in [2.75, 3.05) is 18.4 Å². The molecule has 0 unspecified atom stereocenters. The van der Waals surface area contributed by atoms with Crippen LogP contribution in [0.25, 0.3) is 11.7 Å². The lowest BCUT2D eigenvalue weighted by Gasteiger charge is -2.05. The number of aromatic nitrogens is 5. The van der Waals surface area contributed by atoms with E-state index < -0.39 is 5.69 Å². The van der Waals surface area contributed by atoms with E-state index in [0.717, 1.165) is 30.3 Å². The van der Waals surface area contributed by atoms with E-state index in [1.54, 1.807) is 16.8 Å². The Balaban J connectivity index is 1.62. The Morgan fingerprint density at radius 1 is 1.30 bits per heavy atom. The van der Waals surface area contributed by atoms with Crippen LogP contribution in [0.2, 0.25) is 0 Å². The van der Waals surface area contributed by atoms with E-state index in [0.29, 0.717) is 22.5 Å². The second kappa shape index (κ2) is 6.26. The summed E-state index contributed by atoms with van der Waals surface area (Å²) >= 11 is 0. The summed E-state index contributed by atoms with van der Waals surface area (Å²) in [4.78, 5) is 25.6. The van der Waals surface area contributed by atoms with Crippen molar-refractivity contribution in [1.82, 2.24) is 24.6 Å². The van der Waals surface area contributed by atoms with Gasteiger partial charge in [-0.05, 0) is 43.6 Å². The Morgan fingerprint density at radius 2 is 2.11 bits per heavy atom. The van der Waals surface area contributed by atoms with Crippen LogP contribution >= 0.6 is 0 Å². The average Bonchev–Trinajstić information content (AvgIpc) is 3.56. The number of hydrogen-bond donors (Lipinski definition) is 4. The molecule has 0 bridgehead atoms. The molecule has 0 spiro atoms. The highest BCUT2D eigenvalue weighted by Crippen LogP contribution is 2.29. The summed E-state index contributed by atoms with van der Waals surface area (Å²) in [5.74, 6) is 1.97. The SMILES string of the molecule is O=c1[nH]c(O)c(C=c2cnn3c(=NCC4CC4)cc(NCC4CC4)nc23)[nH]1. The second-order valence-corrected chi connectivity index (χ2v) is 7.43. The molecule has 3 aromatic rings. The third-order valence-electron chi connectivity index (χ3n) is 4.99. The number of hydrogen-bond acceptors (Lipinski definition) is 6. The number of aromatic amines is 2. The van der Waals surface area contributed by atoms with Crippen LogP contribution in [0.1, 0.15) is 31.4 Å². The van der Waals surface area contributed by atoms with Gasteiger partial charge in [0, 0.05) is 24.4 Å². The summed E-state index contributed by atoms with van der Waals surface area (Å²) in [5.41, 5.74) is 1.23. The van der Waals surface area contributed by atoms with Crippen LogP contribution < -0.4 is 21.7 Å². The lowest BCUT2D eigenvalue weighted by atomic mass is 10.3. The summed E-state index contributed by atoms with van der Waals surface area (Å²) in [6, 6.07) is 1.93. The quantitative estimate of drug-likeness (QED) is 0.493. The summed E-state index contributed by atoms with van der Waals surface area (Å²) < 4.78 is 1.71. The normalized spacial score (nSPS) is 18.5. The molecule has 2 fully saturated rings. The minimum absolute atomic E-state index is 0.207. The van der Waals surface area contributed by atoms with Crippen LogP contribution in [-0.4, -0.2) is 42.8 Å². The van der Waals surface area contributed by atoms with Crippen LogP contribution in [-0.2, 0) is 0 Å². The molecular weight excluding hydrogens is 346 g/mol. The molecular formula is C18H21N7O2. The number of fused-ring (bicyclic) bond motifs is 1. The molecule has 5 rings (SSSR count). The number of anilines is 1. The number of imidazole rings is 1. The van der Waals surface area contributed by atoms with E-state index in [2.05, 4.69) is 25.4 Å². The number of rotatable bonds is 6. The van der Waals surface area contributed by atoms with Crippen molar-refractivity contribution >= 4 is 17.5 Å². The fraction of sp³-hybridized carbons (Fsp3) is 0.444. The number of nitrogens with zero attached hydrogens (tertiary/aromatic N) is 4. The topological polar surface area (TPSA) is 123 Å². The van der Waals surface area contributed by atoms with E-state index in [-0.39, 0.29) is 5.88 Å². The molecule has 0 aromatic carbocycles. The van der Waals surface area contributed by atoms with E-state index in [4.69, 9.17) is 4.99 Å². The molecule has 3 aromatic heterocycles. The number of H-pyrrole nitrogens is 2. The smallest absolute Gasteiger partial charge is 0.326 e. The van der Waals surface area contributed by atoms with Crippen molar-refractivity contribution in [3.63, 3.8) is 0 Å². The molecule has 4 N–H and O–H groups in total. The molecule has 0 aliphatic heterocycles. The molecule has 3 heterocycles. The molecule has 27 heavy (non-hydrogen) atoms. The zero-order valence-electron chi connectivity index (χ0n) is 14.8. The Morgan fingerprint density at radius 3 is 2.81 bits per heavy atom. The molecule has 2 aliphatic rings. The van der Waals surface area contributed by atoms with Gasteiger partial charge in [0.15, 0.2) is 11.1 Å². The van der Waals surface area contributed by atoms with Gasteiger partial charge in [0.05, 0.1) is 6.20 Å². The lowest BCUT2D eigenvalue weighted by Crippen LogP contribution is -2.21. The molecule has 0 radical (unpaired) electrons. The lowest BCUT2D eigenvalue weighted by molar-refractivity contribution is 0.454. The predicted octanol–water partition coefficient (Wildman–Crippen LogP) is 0.132. The highest BCUT2D eigenvalue weighted by Gasteiger charge is 2.22. The molecule has 0 saturated heterocycles. The molecule has 9 nitrogen and oxygen atoms in total. The fourth-order valence-electron chi connectivity index (χ4n) is 3.01. The van der Waals surface area contributed by atoms with E-state index in [9.17, 15) is 9.90 Å². The molecule has 2 saturated carbocycles. The zero-order chi connectivity index (χ0) is 18.4. The monoisotopic (exact) mass is 367 g/mol. The third-order valence-corrected chi connectivity index (χ3v) is 4.99. The maximum Gasteiger partial charge on any atom is 0.326 e. The predicted molar refractivity (Wildman–Crippen MR) is 99.2 cm³/mol. The standard InChI is InChI=1S/C18H21N7O2/c26-17-13(22-18(27)24-17)5-12-9-21-25-15(20-8-11-3-4-11)6-14(23-16(12)25)19-7-10-1-2-10/h5-6,9-11,19,26H,1-4,7-8H2,(H2,22,24,27). The van der Waals surface area contributed by atoms with E-state index >= 15 is 0 Å². The Hall–Kier alpha value is -3.10. The molecule has 0 atom stereocenters.